The Morgan fingerprint density at radius 3 is 2.89 bits per heavy atom. The van der Waals surface area contributed by atoms with Crippen molar-refractivity contribution in [2.24, 2.45) is 11.8 Å². The van der Waals surface area contributed by atoms with Gasteiger partial charge in [-0.25, -0.2) is 4.42 Å². The van der Waals surface area contributed by atoms with Gasteiger partial charge in [-0.1, -0.05) is 30.1 Å². The summed E-state index contributed by atoms with van der Waals surface area (Å²) in [6.07, 6.45) is 7.80. The minimum atomic E-state index is 0.441. The summed E-state index contributed by atoms with van der Waals surface area (Å²) in [6.45, 7) is 2.31. The predicted octanol–water partition coefficient (Wildman–Crippen LogP) is 5.51. The van der Waals surface area contributed by atoms with Gasteiger partial charge >= 0.3 is 0 Å². The largest absolute Gasteiger partial charge is 0.248 e. The molecule has 0 saturated heterocycles. The molecule has 2 atom stereocenters. The van der Waals surface area contributed by atoms with E-state index in [1.165, 1.54) is 40.4 Å². The molecule has 2 unspecified atom stereocenters. The van der Waals surface area contributed by atoms with Crippen LogP contribution in [0.4, 0.5) is 0 Å². The molecule has 1 fully saturated rings. The van der Waals surface area contributed by atoms with E-state index in [1.807, 2.05) is 6.20 Å². The summed E-state index contributed by atoms with van der Waals surface area (Å²) in [5.41, 5.74) is 4.00. The Hall–Kier alpha value is -0.110. The molecule has 1 saturated carbocycles. The molecule has 3 aliphatic rings. The molecule has 4 heteroatoms. The summed E-state index contributed by atoms with van der Waals surface area (Å²) in [6, 6.07) is 0. The molecule has 3 rings (SSSR count). The number of nitrogens with zero attached hydrogens (tertiary/aromatic N) is 1. The van der Waals surface area contributed by atoms with Crippen LogP contribution < -0.4 is 0 Å². The van der Waals surface area contributed by atoms with Crippen molar-refractivity contribution >= 4 is 35.0 Å². The molecule has 0 aromatic heterocycles. The molecule has 0 radical (unpaired) electrons. The number of halogens is 3. The fourth-order valence-electron chi connectivity index (χ4n) is 3.56. The van der Waals surface area contributed by atoms with E-state index in [0.717, 1.165) is 12.8 Å². The molecule has 0 spiro atoms. The van der Waals surface area contributed by atoms with Crippen LogP contribution in [0.25, 0.3) is 0 Å². The molecule has 0 aromatic carbocycles. The van der Waals surface area contributed by atoms with Crippen molar-refractivity contribution in [1.29, 1.82) is 0 Å². The Morgan fingerprint density at radius 2 is 2.11 bits per heavy atom. The van der Waals surface area contributed by atoms with Crippen molar-refractivity contribution in [3.63, 3.8) is 0 Å². The van der Waals surface area contributed by atoms with Gasteiger partial charge in [0, 0.05) is 18.0 Å². The topological polar surface area (TPSA) is 3.24 Å². The zero-order valence-electron chi connectivity index (χ0n) is 10.3. The number of hydrogen-bond acceptors (Lipinski definition) is 1. The molecule has 1 aliphatic heterocycles. The van der Waals surface area contributed by atoms with Gasteiger partial charge in [-0.15, -0.1) is 0 Å². The van der Waals surface area contributed by atoms with Crippen molar-refractivity contribution in [1.82, 2.24) is 4.42 Å². The van der Waals surface area contributed by atoms with Crippen molar-refractivity contribution in [2.75, 3.05) is 0 Å². The Bertz CT molecular complexity index is 475. The van der Waals surface area contributed by atoms with Gasteiger partial charge in [-0.05, 0) is 60.7 Å². The van der Waals surface area contributed by atoms with Crippen LogP contribution in [0.15, 0.2) is 33.1 Å². The van der Waals surface area contributed by atoms with Crippen molar-refractivity contribution in [3.8, 4) is 0 Å². The standard InChI is InChI=1S/C14H16Cl3N/c1-8-5-9-3-2-4-11-12(9)10(6-8)7-18(17)14(16)13(11)15/h7-9H,2-6H2,1H3. The molecular weight excluding hydrogens is 289 g/mol. The van der Waals surface area contributed by atoms with Gasteiger partial charge in [0.25, 0.3) is 0 Å². The maximum Gasteiger partial charge on any atom is 0.142 e. The third-order valence-electron chi connectivity index (χ3n) is 4.22. The SMILES string of the molecule is CC1CC2=CN(Cl)C(Cl)=C(Cl)C3=C2C(CCC3)C1. The Balaban J connectivity index is 2.17. The number of rotatable bonds is 0. The fraction of sp³-hybridized carbons (Fsp3) is 0.571. The lowest BCUT2D eigenvalue weighted by atomic mass is 9.69. The van der Waals surface area contributed by atoms with Gasteiger partial charge in [-0.3, -0.25) is 0 Å². The van der Waals surface area contributed by atoms with Gasteiger partial charge in [0.05, 0.1) is 5.03 Å². The van der Waals surface area contributed by atoms with E-state index in [4.69, 9.17) is 35.0 Å². The second-order valence-corrected chi connectivity index (χ2v) is 6.70. The van der Waals surface area contributed by atoms with E-state index in [1.54, 1.807) is 0 Å². The van der Waals surface area contributed by atoms with E-state index in [0.29, 0.717) is 22.0 Å². The molecule has 0 aromatic rings. The maximum absolute atomic E-state index is 6.42. The van der Waals surface area contributed by atoms with Gasteiger partial charge < -0.3 is 0 Å². The quantitative estimate of drug-likeness (QED) is 0.421. The molecule has 98 valence electrons. The van der Waals surface area contributed by atoms with Gasteiger partial charge in [0.1, 0.15) is 5.16 Å². The average molecular weight is 305 g/mol. The average Bonchev–Trinajstić information content (AvgIpc) is 2.42. The van der Waals surface area contributed by atoms with Gasteiger partial charge in [0.2, 0.25) is 0 Å². The monoisotopic (exact) mass is 303 g/mol. The molecule has 1 heterocycles. The smallest absolute Gasteiger partial charge is 0.142 e. The van der Waals surface area contributed by atoms with Crippen LogP contribution in [0.3, 0.4) is 0 Å². The van der Waals surface area contributed by atoms with Crippen molar-refractivity contribution in [2.45, 2.75) is 39.0 Å². The summed E-state index contributed by atoms with van der Waals surface area (Å²) in [4.78, 5) is 0. The van der Waals surface area contributed by atoms with Gasteiger partial charge in [-0.2, -0.15) is 0 Å². The van der Waals surface area contributed by atoms with Crippen LogP contribution in [0.1, 0.15) is 39.0 Å². The van der Waals surface area contributed by atoms with Gasteiger partial charge in [0.15, 0.2) is 0 Å². The summed E-state index contributed by atoms with van der Waals surface area (Å²) < 4.78 is 1.45. The lowest BCUT2D eigenvalue weighted by Gasteiger charge is -2.36. The summed E-state index contributed by atoms with van der Waals surface area (Å²) in [5, 5.41) is 1.09. The lowest BCUT2D eigenvalue weighted by Crippen LogP contribution is -2.23. The Morgan fingerprint density at radius 1 is 1.33 bits per heavy atom. The van der Waals surface area contributed by atoms with Crippen LogP contribution in [-0.4, -0.2) is 4.42 Å². The van der Waals surface area contributed by atoms with E-state index in [2.05, 4.69) is 6.92 Å². The fourth-order valence-corrected chi connectivity index (χ4v) is 4.25. The Labute approximate surface area is 123 Å². The molecule has 1 nitrogen and oxygen atoms in total. The van der Waals surface area contributed by atoms with E-state index < -0.39 is 0 Å². The molecule has 2 aliphatic carbocycles. The molecule has 0 N–H and O–H groups in total. The second-order valence-electron chi connectivity index (χ2n) is 5.60. The van der Waals surface area contributed by atoms with E-state index in [-0.39, 0.29) is 0 Å². The number of allylic oxidation sites excluding steroid dienone is 4. The molecule has 0 bridgehead atoms. The zero-order valence-corrected chi connectivity index (χ0v) is 12.6. The molecule has 0 amide bonds. The highest BCUT2D eigenvalue weighted by molar-refractivity contribution is 6.42. The van der Waals surface area contributed by atoms with Crippen LogP contribution in [-0.2, 0) is 0 Å². The lowest BCUT2D eigenvalue weighted by molar-refractivity contribution is 0.356. The van der Waals surface area contributed by atoms with E-state index >= 15 is 0 Å². The third-order valence-corrected chi connectivity index (χ3v) is 5.44. The number of hydrogen-bond donors (Lipinski definition) is 0. The van der Waals surface area contributed by atoms with Crippen LogP contribution in [0.2, 0.25) is 0 Å². The normalized spacial score (nSPS) is 32.2. The first kappa shape index (κ1) is 12.9. The summed E-state index contributed by atoms with van der Waals surface area (Å²) in [5.74, 6) is 1.36. The first-order chi connectivity index (χ1) is 8.58. The third kappa shape index (κ3) is 2.01. The first-order valence-corrected chi connectivity index (χ1v) is 7.62. The molecule has 18 heavy (non-hydrogen) atoms. The zero-order chi connectivity index (χ0) is 12.9. The Kier molecular flexibility index (Phi) is 3.42. The minimum absolute atomic E-state index is 0.441. The first-order valence-electron chi connectivity index (χ1n) is 6.52. The predicted molar refractivity (Wildman–Crippen MR) is 77.3 cm³/mol. The maximum atomic E-state index is 6.42. The summed E-state index contributed by atoms with van der Waals surface area (Å²) >= 11 is 18.8. The minimum Gasteiger partial charge on any atom is -0.248 e. The van der Waals surface area contributed by atoms with Crippen LogP contribution in [0.5, 0.6) is 0 Å². The van der Waals surface area contributed by atoms with Crippen molar-refractivity contribution < 1.29 is 0 Å². The second kappa shape index (κ2) is 4.77. The van der Waals surface area contributed by atoms with Crippen LogP contribution in [0, 0.1) is 11.8 Å². The van der Waals surface area contributed by atoms with E-state index in [9.17, 15) is 0 Å². The highest BCUT2D eigenvalue weighted by Gasteiger charge is 2.35. The highest BCUT2D eigenvalue weighted by atomic mass is 35.5. The summed E-state index contributed by atoms with van der Waals surface area (Å²) in [7, 11) is 0. The van der Waals surface area contributed by atoms with Crippen LogP contribution >= 0.6 is 35.0 Å². The highest BCUT2D eigenvalue weighted by Crippen LogP contribution is 2.50. The van der Waals surface area contributed by atoms with Crippen molar-refractivity contribution in [3.05, 3.63) is 33.1 Å². The molecular formula is C14H16Cl3N.